The fourth-order valence-electron chi connectivity index (χ4n) is 1.46. The van der Waals surface area contributed by atoms with E-state index in [-0.39, 0.29) is 5.69 Å². The van der Waals surface area contributed by atoms with Crippen molar-refractivity contribution in [3.63, 3.8) is 0 Å². The zero-order valence-electron chi connectivity index (χ0n) is 11.0. The zero-order valence-corrected chi connectivity index (χ0v) is 11.0. The fraction of sp³-hybridized carbons (Fsp3) is 0.364. The van der Waals surface area contributed by atoms with Gasteiger partial charge in [0.2, 0.25) is 5.91 Å². The van der Waals surface area contributed by atoms with Crippen LogP contribution in [0.1, 0.15) is 6.92 Å². The Balaban J connectivity index is 3.05. The van der Waals surface area contributed by atoms with Crippen LogP contribution in [0.25, 0.3) is 0 Å². The van der Waals surface area contributed by atoms with Gasteiger partial charge in [-0.05, 0) is 6.07 Å². The van der Waals surface area contributed by atoms with Crippen LogP contribution < -0.4 is 11.1 Å². The standard InChI is InChI=1S/C11H13FN4O5/c1-6(8(13)5-12)11(17)14-9-3-2-7(15(18)19)4-10(9)16(20)21/h2-4,6,8H,5,13H2,1H3,(H,14,17)/t6?,8-/m1/s1. The molecule has 10 heteroatoms. The molecule has 1 unspecified atom stereocenters. The maximum absolute atomic E-state index is 12.4. The number of carbonyl (C=O) groups excluding carboxylic acids is 1. The number of halogens is 1. The molecule has 114 valence electrons. The van der Waals surface area contributed by atoms with Crippen molar-refractivity contribution in [2.24, 2.45) is 11.7 Å². The van der Waals surface area contributed by atoms with Gasteiger partial charge < -0.3 is 11.1 Å². The number of benzene rings is 1. The number of nitro groups is 2. The zero-order chi connectivity index (χ0) is 16.2. The molecule has 0 radical (unpaired) electrons. The van der Waals surface area contributed by atoms with Crippen LogP contribution in [-0.2, 0) is 4.79 Å². The predicted octanol–water partition coefficient (Wildman–Crippen LogP) is 1.37. The van der Waals surface area contributed by atoms with Crippen LogP contribution in [0.15, 0.2) is 18.2 Å². The van der Waals surface area contributed by atoms with Gasteiger partial charge in [-0.25, -0.2) is 4.39 Å². The van der Waals surface area contributed by atoms with Gasteiger partial charge in [0, 0.05) is 12.1 Å². The Morgan fingerprint density at radius 2 is 2.00 bits per heavy atom. The van der Waals surface area contributed by atoms with E-state index in [1.807, 2.05) is 0 Å². The van der Waals surface area contributed by atoms with E-state index in [1.54, 1.807) is 0 Å². The van der Waals surface area contributed by atoms with Crippen molar-refractivity contribution >= 4 is 23.0 Å². The molecule has 1 rings (SSSR count). The third kappa shape index (κ3) is 3.92. The second-order valence-corrected chi connectivity index (χ2v) is 4.31. The number of hydrogen-bond acceptors (Lipinski definition) is 6. The summed E-state index contributed by atoms with van der Waals surface area (Å²) in [5.74, 6) is -1.62. The molecule has 21 heavy (non-hydrogen) atoms. The first-order valence-corrected chi connectivity index (χ1v) is 5.83. The number of nitrogens with zero attached hydrogens (tertiary/aromatic N) is 2. The smallest absolute Gasteiger partial charge is 0.299 e. The molecule has 1 amide bonds. The molecule has 0 aliphatic rings. The minimum absolute atomic E-state index is 0.214. The van der Waals surface area contributed by atoms with Crippen molar-refractivity contribution in [3.8, 4) is 0 Å². The molecule has 1 aromatic carbocycles. The Bertz CT molecular complexity index is 580. The summed E-state index contributed by atoms with van der Waals surface area (Å²) in [5, 5.41) is 23.7. The summed E-state index contributed by atoms with van der Waals surface area (Å²) >= 11 is 0. The maximum atomic E-state index is 12.4. The minimum Gasteiger partial charge on any atom is -0.325 e. The second-order valence-electron chi connectivity index (χ2n) is 4.31. The van der Waals surface area contributed by atoms with Crippen LogP contribution in [0.3, 0.4) is 0 Å². The normalized spacial score (nSPS) is 13.3. The molecule has 0 heterocycles. The van der Waals surface area contributed by atoms with Crippen molar-refractivity contribution in [3.05, 3.63) is 38.4 Å². The first-order valence-electron chi connectivity index (χ1n) is 5.83. The number of nitro benzene ring substituents is 2. The first-order chi connectivity index (χ1) is 9.77. The molecule has 0 aliphatic carbocycles. The van der Waals surface area contributed by atoms with E-state index >= 15 is 0 Å². The van der Waals surface area contributed by atoms with E-state index in [1.165, 1.54) is 6.92 Å². The van der Waals surface area contributed by atoms with E-state index in [4.69, 9.17) is 5.73 Å². The lowest BCUT2D eigenvalue weighted by atomic mass is 10.0. The van der Waals surface area contributed by atoms with Crippen LogP contribution in [0.2, 0.25) is 0 Å². The summed E-state index contributed by atoms with van der Waals surface area (Å²) in [6.07, 6.45) is 0. The molecule has 0 saturated carbocycles. The van der Waals surface area contributed by atoms with Gasteiger partial charge in [0.15, 0.2) is 0 Å². The number of rotatable bonds is 6. The highest BCUT2D eigenvalue weighted by Crippen LogP contribution is 2.29. The third-order valence-corrected chi connectivity index (χ3v) is 2.88. The summed E-state index contributed by atoms with van der Waals surface area (Å²) in [6.45, 7) is 0.452. The van der Waals surface area contributed by atoms with Crippen molar-refractivity contribution in [1.29, 1.82) is 0 Å². The van der Waals surface area contributed by atoms with Crippen molar-refractivity contribution in [2.45, 2.75) is 13.0 Å². The van der Waals surface area contributed by atoms with Gasteiger partial charge in [0.05, 0.1) is 21.8 Å². The number of nitrogens with two attached hydrogens (primary N) is 1. The number of carbonyl (C=O) groups is 1. The average molecular weight is 300 g/mol. The Morgan fingerprint density at radius 1 is 1.38 bits per heavy atom. The molecule has 3 N–H and O–H groups in total. The van der Waals surface area contributed by atoms with Gasteiger partial charge in [-0.2, -0.15) is 0 Å². The van der Waals surface area contributed by atoms with Crippen LogP contribution in [0.5, 0.6) is 0 Å². The van der Waals surface area contributed by atoms with Crippen molar-refractivity contribution in [2.75, 3.05) is 12.0 Å². The summed E-state index contributed by atoms with van der Waals surface area (Å²) in [4.78, 5) is 31.6. The highest BCUT2D eigenvalue weighted by atomic mass is 19.1. The number of nitrogens with one attached hydrogen (secondary N) is 1. The van der Waals surface area contributed by atoms with Gasteiger partial charge in [-0.3, -0.25) is 25.0 Å². The minimum atomic E-state index is -1.04. The Kier molecular flexibility index (Phi) is 5.24. The van der Waals surface area contributed by atoms with E-state index in [9.17, 15) is 29.4 Å². The molecule has 0 bridgehead atoms. The van der Waals surface area contributed by atoms with E-state index in [0.29, 0.717) is 0 Å². The number of non-ortho nitro benzene ring substituents is 1. The molecule has 0 aliphatic heterocycles. The molecule has 0 fully saturated rings. The molecule has 0 spiro atoms. The highest BCUT2D eigenvalue weighted by molar-refractivity contribution is 5.95. The third-order valence-electron chi connectivity index (χ3n) is 2.88. The van der Waals surface area contributed by atoms with Crippen LogP contribution in [-0.4, -0.2) is 28.5 Å². The van der Waals surface area contributed by atoms with Gasteiger partial charge in [0.25, 0.3) is 11.4 Å². The summed E-state index contributed by atoms with van der Waals surface area (Å²) in [6, 6.07) is 1.75. The number of anilines is 1. The van der Waals surface area contributed by atoms with Gasteiger partial charge in [-0.15, -0.1) is 0 Å². The molecule has 1 aromatic rings. The van der Waals surface area contributed by atoms with Gasteiger partial charge in [-0.1, -0.05) is 6.92 Å². The summed E-state index contributed by atoms with van der Waals surface area (Å²) < 4.78 is 12.4. The molecular weight excluding hydrogens is 287 g/mol. The number of alkyl halides is 1. The monoisotopic (exact) mass is 300 g/mol. The number of hydrogen-bond donors (Lipinski definition) is 2. The Hall–Kier alpha value is -2.62. The summed E-state index contributed by atoms with van der Waals surface area (Å²) in [5.41, 5.74) is 4.05. The van der Waals surface area contributed by atoms with Crippen molar-refractivity contribution < 1.29 is 19.0 Å². The Morgan fingerprint density at radius 3 is 2.48 bits per heavy atom. The van der Waals surface area contributed by atoms with Crippen LogP contribution in [0.4, 0.5) is 21.5 Å². The SMILES string of the molecule is CC(C(=O)Nc1ccc([N+](=O)[O-])cc1[N+](=O)[O-])[C@H](N)CF. The largest absolute Gasteiger partial charge is 0.325 e. The lowest BCUT2D eigenvalue weighted by Gasteiger charge is -2.16. The van der Waals surface area contributed by atoms with Crippen LogP contribution >= 0.6 is 0 Å². The van der Waals surface area contributed by atoms with E-state index in [0.717, 1.165) is 18.2 Å². The molecular formula is C11H13FN4O5. The lowest BCUT2D eigenvalue weighted by molar-refractivity contribution is -0.393. The van der Waals surface area contributed by atoms with E-state index in [2.05, 4.69) is 5.32 Å². The van der Waals surface area contributed by atoms with E-state index < -0.39 is 45.8 Å². The lowest BCUT2D eigenvalue weighted by Crippen LogP contribution is -2.38. The predicted molar refractivity (Wildman–Crippen MR) is 71.5 cm³/mol. The Labute approximate surface area is 118 Å². The topological polar surface area (TPSA) is 141 Å². The maximum Gasteiger partial charge on any atom is 0.299 e. The van der Waals surface area contributed by atoms with Gasteiger partial charge in [0.1, 0.15) is 12.4 Å². The number of amides is 1. The average Bonchev–Trinajstić information content (AvgIpc) is 2.45. The molecule has 9 nitrogen and oxygen atoms in total. The molecule has 2 atom stereocenters. The summed E-state index contributed by atoms with van der Waals surface area (Å²) in [7, 11) is 0. The first kappa shape index (κ1) is 16.4. The molecule has 0 saturated heterocycles. The second kappa shape index (κ2) is 6.70. The van der Waals surface area contributed by atoms with Gasteiger partial charge >= 0.3 is 0 Å². The molecule has 0 aromatic heterocycles. The van der Waals surface area contributed by atoms with Crippen molar-refractivity contribution in [1.82, 2.24) is 0 Å². The fourth-order valence-corrected chi connectivity index (χ4v) is 1.46. The highest BCUT2D eigenvalue weighted by Gasteiger charge is 2.25. The van der Waals surface area contributed by atoms with Crippen LogP contribution in [0, 0.1) is 26.1 Å². The quantitative estimate of drug-likeness (QED) is 0.600.